The van der Waals surface area contributed by atoms with Crippen molar-refractivity contribution in [2.45, 2.75) is 43.4 Å². The molecule has 5 N–H and O–H groups in total. The van der Waals surface area contributed by atoms with Crippen LogP contribution in [-0.2, 0) is 21.4 Å². The molecule has 7 nitrogen and oxygen atoms in total. The Morgan fingerprint density at radius 1 is 1.30 bits per heavy atom. The zero-order chi connectivity index (χ0) is 14.8. The first kappa shape index (κ1) is 15.0. The molecule has 0 radical (unpaired) electrons. The molecular weight excluding hydrogens is 282 g/mol. The zero-order valence-electron chi connectivity index (χ0n) is 11.0. The Hall–Kier alpha value is -1.38. The minimum absolute atomic E-state index is 0.0225. The highest BCUT2D eigenvalue weighted by Crippen LogP contribution is 2.24. The van der Waals surface area contributed by atoms with Crippen LogP contribution in [0.25, 0.3) is 0 Å². The first-order valence-electron chi connectivity index (χ1n) is 6.50. The van der Waals surface area contributed by atoms with Crippen LogP contribution < -0.4 is 16.2 Å². The Morgan fingerprint density at radius 3 is 2.45 bits per heavy atom. The van der Waals surface area contributed by atoms with E-state index in [4.69, 9.17) is 15.3 Å². The van der Waals surface area contributed by atoms with Gasteiger partial charge in [-0.3, -0.25) is 4.79 Å². The van der Waals surface area contributed by atoms with Gasteiger partial charge in [0.1, 0.15) is 5.76 Å². The van der Waals surface area contributed by atoms with Crippen LogP contribution in [0.15, 0.2) is 21.6 Å². The standard InChI is InChI=1S/C12H19N3O4S/c13-12(16)8-1-3-9(4-2-8)15-7-10-5-6-11(19-10)20(14,17)18/h5-6,8-9,15H,1-4,7H2,(H2,13,16)(H2,14,17,18). The predicted octanol–water partition coefficient (Wildman–Crippen LogP) is 0.0607. The fraction of sp³-hybridized carbons (Fsp3) is 0.583. The van der Waals surface area contributed by atoms with Gasteiger partial charge in [-0.2, -0.15) is 0 Å². The predicted molar refractivity (Wildman–Crippen MR) is 71.9 cm³/mol. The van der Waals surface area contributed by atoms with Crippen molar-refractivity contribution in [2.75, 3.05) is 0 Å². The zero-order valence-corrected chi connectivity index (χ0v) is 11.9. The highest BCUT2D eigenvalue weighted by atomic mass is 32.2. The van der Waals surface area contributed by atoms with Crippen LogP contribution in [0.3, 0.4) is 0 Å². The van der Waals surface area contributed by atoms with E-state index in [2.05, 4.69) is 5.32 Å². The van der Waals surface area contributed by atoms with Gasteiger partial charge in [-0.05, 0) is 37.8 Å². The van der Waals surface area contributed by atoms with Crippen LogP contribution in [0.1, 0.15) is 31.4 Å². The van der Waals surface area contributed by atoms with Crippen LogP contribution in [-0.4, -0.2) is 20.4 Å². The van der Waals surface area contributed by atoms with Crippen LogP contribution in [0, 0.1) is 5.92 Å². The number of sulfonamides is 1. The van der Waals surface area contributed by atoms with E-state index in [9.17, 15) is 13.2 Å². The molecule has 8 heteroatoms. The number of amides is 1. The molecule has 0 spiro atoms. The minimum Gasteiger partial charge on any atom is -0.447 e. The van der Waals surface area contributed by atoms with Gasteiger partial charge < -0.3 is 15.5 Å². The molecule has 0 aromatic carbocycles. The number of primary sulfonamides is 1. The Morgan fingerprint density at radius 2 is 1.95 bits per heavy atom. The van der Waals surface area contributed by atoms with E-state index in [0.717, 1.165) is 25.7 Å². The molecule has 1 aromatic heterocycles. The first-order chi connectivity index (χ1) is 9.36. The molecule has 0 aliphatic heterocycles. The molecule has 1 aliphatic carbocycles. The first-order valence-corrected chi connectivity index (χ1v) is 8.05. The second-order valence-electron chi connectivity index (χ2n) is 5.10. The number of nitrogens with two attached hydrogens (primary N) is 2. The van der Waals surface area contributed by atoms with Crippen LogP contribution in [0.4, 0.5) is 0 Å². The highest BCUT2D eigenvalue weighted by molar-refractivity contribution is 7.89. The fourth-order valence-electron chi connectivity index (χ4n) is 2.43. The summed E-state index contributed by atoms with van der Waals surface area (Å²) in [6, 6.07) is 3.21. The molecular formula is C12H19N3O4S. The lowest BCUT2D eigenvalue weighted by atomic mass is 9.85. The average Bonchev–Trinajstić information content (AvgIpc) is 2.85. The number of hydrogen-bond donors (Lipinski definition) is 3. The van der Waals surface area contributed by atoms with Gasteiger partial charge in [-0.25, -0.2) is 13.6 Å². The van der Waals surface area contributed by atoms with E-state index < -0.39 is 10.0 Å². The van der Waals surface area contributed by atoms with Crippen LogP contribution in [0.5, 0.6) is 0 Å². The van der Waals surface area contributed by atoms with Crippen LogP contribution >= 0.6 is 0 Å². The summed E-state index contributed by atoms with van der Waals surface area (Å²) in [6.07, 6.45) is 3.31. The van der Waals surface area contributed by atoms with Crippen molar-refractivity contribution in [1.82, 2.24) is 5.32 Å². The third-order valence-corrected chi connectivity index (χ3v) is 4.39. The van der Waals surface area contributed by atoms with Gasteiger partial charge >= 0.3 is 0 Å². The van der Waals surface area contributed by atoms with E-state index in [1.807, 2.05) is 0 Å². The molecule has 1 fully saturated rings. The lowest BCUT2D eigenvalue weighted by molar-refractivity contribution is -0.122. The number of furan rings is 1. The van der Waals surface area contributed by atoms with Gasteiger partial charge in [0.05, 0.1) is 6.54 Å². The third kappa shape index (κ3) is 3.81. The maximum atomic E-state index is 11.1. The number of primary amides is 1. The summed E-state index contributed by atoms with van der Waals surface area (Å²) < 4.78 is 27.3. The van der Waals surface area contributed by atoms with E-state index in [1.165, 1.54) is 6.07 Å². The monoisotopic (exact) mass is 301 g/mol. The quantitative estimate of drug-likeness (QED) is 0.708. The van der Waals surface area contributed by atoms with Gasteiger partial charge in [0.25, 0.3) is 10.0 Å². The van der Waals surface area contributed by atoms with Crippen molar-refractivity contribution in [1.29, 1.82) is 0 Å². The SMILES string of the molecule is NC(=O)C1CCC(NCc2ccc(S(N)(=O)=O)o2)CC1. The summed E-state index contributed by atoms with van der Waals surface area (Å²) in [5.41, 5.74) is 5.28. The molecule has 0 bridgehead atoms. The number of nitrogens with one attached hydrogen (secondary N) is 1. The highest BCUT2D eigenvalue weighted by Gasteiger charge is 2.24. The Bertz CT molecular complexity index is 573. The summed E-state index contributed by atoms with van der Waals surface area (Å²) >= 11 is 0. The topological polar surface area (TPSA) is 128 Å². The normalized spacial score (nSPS) is 23.6. The van der Waals surface area contributed by atoms with Gasteiger partial charge in [-0.1, -0.05) is 0 Å². The van der Waals surface area contributed by atoms with Gasteiger partial charge in [0.15, 0.2) is 0 Å². The number of carbonyl (C=O) groups excluding carboxylic acids is 1. The molecule has 1 amide bonds. The molecule has 1 aliphatic rings. The molecule has 20 heavy (non-hydrogen) atoms. The largest absolute Gasteiger partial charge is 0.447 e. The summed E-state index contributed by atoms with van der Waals surface area (Å²) in [5.74, 6) is 0.268. The van der Waals surface area contributed by atoms with Crippen LogP contribution in [0.2, 0.25) is 0 Å². The number of rotatable bonds is 5. The Balaban J connectivity index is 1.82. The molecule has 0 saturated heterocycles. The van der Waals surface area contributed by atoms with Crippen molar-refractivity contribution in [3.8, 4) is 0 Å². The maximum Gasteiger partial charge on any atom is 0.271 e. The molecule has 0 atom stereocenters. The lowest BCUT2D eigenvalue weighted by Crippen LogP contribution is -2.36. The van der Waals surface area contributed by atoms with E-state index in [1.54, 1.807) is 6.07 Å². The summed E-state index contributed by atoms with van der Waals surface area (Å²) in [6.45, 7) is 0.432. The van der Waals surface area contributed by atoms with E-state index in [-0.39, 0.29) is 23.0 Å². The van der Waals surface area contributed by atoms with Crippen molar-refractivity contribution in [2.24, 2.45) is 16.8 Å². The number of hydrogen-bond acceptors (Lipinski definition) is 5. The summed E-state index contributed by atoms with van der Waals surface area (Å²) in [4.78, 5) is 11.1. The molecule has 0 unspecified atom stereocenters. The molecule has 1 saturated carbocycles. The lowest BCUT2D eigenvalue weighted by Gasteiger charge is -2.27. The van der Waals surface area contributed by atoms with Gasteiger partial charge in [0.2, 0.25) is 11.0 Å². The second-order valence-corrected chi connectivity index (χ2v) is 6.59. The molecule has 1 aromatic rings. The molecule has 1 heterocycles. The van der Waals surface area contributed by atoms with E-state index >= 15 is 0 Å². The van der Waals surface area contributed by atoms with Crippen molar-refractivity contribution in [3.05, 3.63) is 17.9 Å². The molecule has 2 rings (SSSR count). The Labute approximate surface area is 117 Å². The van der Waals surface area contributed by atoms with Gasteiger partial charge in [-0.15, -0.1) is 0 Å². The fourth-order valence-corrected chi connectivity index (χ4v) is 2.91. The summed E-state index contributed by atoms with van der Waals surface area (Å²) in [5, 5.41) is 8.02. The van der Waals surface area contributed by atoms with E-state index in [0.29, 0.717) is 12.3 Å². The van der Waals surface area contributed by atoms with Crippen molar-refractivity contribution >= 4 is 15.9 Å². The third-order valence-electron chi connectivity index (χ3n) is 3.61. The maximum absolute atomic E-state index is 11.1. The van der Waals surface area contributed by atoms with Crippen molar-refractivity contribution in [3.63, 3.8) is 0 Å². The smallest absolute Gasteiger partial charge is 0.271 e. The second kappa shape index (κ2) is 5.94. The summed E-state index contributed by atoms with van der Waals surface area (Å²) in [7, 11) is -3.79. The minimum atomic E-state index is -3.79. The average molecular weight is 301 g/mol. The Kier molecular flexibility index (Phi) is 4.46. The van der Waals surface area contributed by atoms with Crippen molar-refractivity contribution < 1.29 is 17.6 Å². The van der Waals surface area contributed by atoms with Gasteiger partial charge in [0, 0.05) is 12.0 Å². The number of carbonyl (C=O) groups is 1. The molecule has 112 valence electrons.